The van der Waals surface area contributed by atoms with Crippen LogP contribution in [0.3, 0.4) is 0 Å². The van der Waals surface area contributed by atoms with Crippen molar-refractivity contribution in [3.63, 3.8) is 0 Å². The van der Waals surface area contributed by atoms with Gasteiger partial charge in [0.1, 0.15) is 5.75 Å². The molecule has 0 radical (unpaired) electrons. The summed E-state index contributed by atoms with van der Waals surface area (Å²) >= 11 is 13.7. The van der Waals surface area contributed by atoms with Crippen LogP contribution in [0.5, 0.6) is 5.75 Å². The molecule has 1 heterocycles. The second kappa shape index (κ2) is 11.2. The molecular weight excluding hydrogens is 562 g/mol. The number of anilines is 1. The Morgan fingerprint density at radius 2 is 2.10 bits per heavy atom. The highest BCUT2D eigenvalue weighted by Crippen LogP contribution is 2.33. The molecule has 5 nitrogen and oxygen atoms in total. The molecule has 3 aromatic rings. The van der Waals surface area contributed by atoms with Gasteiger partial charge in [-0.2, -0.15) is 0 Å². The first-order valence-corrected chi connectivity index (χ1v) is 12.4. The van der Waals surface area contributed by atoms with Crippen LogP contribution < -0.4 is 15.4 Å². The highest BCUT2D eigenvalue weighted by atomic mass is 79.9. The van der Waals surface area contributed by atoms with E-state index in [0.29, 0.717) is 10.9 Å². The van der Waals surface area contributed by atoms with Crippen LogP contribution >= 0.6 is 55.4 Å². The molecule has 2 N–H and O–H groups in total. The van der Waals surface area contributed by atoms with Gasteiger partial charge in [0.2, 0.25) is 5.91 Å². The second-order valence-electron chi connectivity index (χ2n) is 6.71. The number of unbranched alkanes of at least 4 members (excludes halogenated alkanes) is 1. The Balaban J connectivity index is 1.63. The van der Waals surface area contributed by atoms with Crippen LogP contribution in [0.2, 0.25) is 0 Å². The number of thiocarbonyl (C=S) groups is 1. The van der Waals surface area contributed by atoms with E-state index in [1.54, 1.807) is 13.2 Å². The smallest absolute Gasteiger partial charge is 0.250 e. The number of amides is 1. The third kappa shape index (κ3) is 6.58. The Morgan fingerprint density at radius 3 is 2.84 bits per heavy atom. The lowest BCUT2D eigenvalue weighted by Crippen LogP contribution is -2.32. The van der Waals surface area contributed by atoms with E-state index in [2.05, 4.69) is 66.5 Å². The van der Waals surface area contributed by atoms with Crippen molar-refractivity contribution in [2.24, 2.45) is 0 Å². The molecule has 0 aliphatic carbocycles. The van der Waals surface area contributed by atoms with Gasteiger partial charge in [-0.05, 0) is 76.9 Å². The first-order valence-electron chi connectivity index (χ1n) is 9.62. The molecule has 2 aromatic carbocycles. The minimum Gasteiger partial charge on any atom is -0.495 e. The number of aromatic nitrogens is 1. The van der Waals surface area contributed by atoms with Crippen molar-refractivity contribution < 1.29 is 9.53 Å². The normalized spacial score (nSPS) is 11.1. The zero-order valence-corrected chi connectivity index (χ0v) is 21.8. The summed E-state index contributed by atoms with van der Waals surface area (Å²) in [4.78, 5) is 16.8. The number of ether oxygens (including phenoxy) is 1. The fourth-order valence-corrected chi connectivity index (χ4v) is 5.54. The maximum absolute atomic E-state index is 12.3. The van der Waals surface area contributed by atoms with Crippen LogP contribution in [0.25, 0.3) is 16.3 Å². The largest absolute Gasteiger partial charge is 0.495 e. The first kappa shape index (κ1) is 23.8. The van der Waals surface area contributed by atoms with Crippen LogP contribution in [0.1, 0.15) is 30.9 Å². The van der Waals surface area contributed by atoms with Gasteiger partial charge in [-0.3, -0.25) is 10.1 Å². The van der Waals surface area contributed by atoms with Gasteiger partial charge in [-0.1, -0.05) is 46.7 Å². The lowest BCUT2D eigenvalue weighted by atomic mass is 10.1. The average Bonchev–Trinajstić information content (AvgIpc) is 3.11. The predicted molar refractivity (Wildman–Crippen MR) is 140 cm³/mol. The van der Waals surface area contributed by atoms with Crippen molar-refractivity contribution >= 4 is 87.9 Å². The minimum absolute atomic E-state index is 0.197. The number of rotatable bonds is 7. The monoisotopic (exact) mass is 581 g/mol. The Labute approximate surface area is 207 Å². The maximum atomic E-state index is 12.3. The summed E-state index contributed by atoms with van der Waals surface area (Å²) in [7, 11) is 1.58. The molecule has 0 aliphatic heterocycles. The van der Waals surface area contributed by atoms with Crippen LogP contribution in [0.15, 0.2) is 45.4 Å². The van der Waals surface area contributed by atoms with Crippen LogP contribution in [0.4, 0.5) is 5.13 Å². The molecule has 162 valence electrons. The Morgan fingerprint density at radius 1 is 1.29 bits per heavy atom. The third-order valence-electron chi connectivity index (χ3n) is 4.38. The lowest BCUT2D eigenvalue weighted by molar-refractivity contribution is -0.115. The maximum Gasteiger partial charge on any atom is 0.250 e. The van der Waals surface area contributed by atoms with Gasteiger partial charge in [0, 0.05) is 16.1 Å². The number of nitrogens with zero attached hydrogens (tertiary/aromatic N) is 1. The summed E-state index contributed by atoms with van der Waals surface area (Å²) in [6.07, 6.45) is 6.47. The summed E-state index contributed by atoms with van der Waals surface area (Å²) in [6.45, 7) is 2.19. The standard InChI is InChI=1S/C22H21Br2N3O2S2/c1-3-4-5-13-6-8-17-18(10-13)31-22(25-17)27-21(30)26-19(28)9-7-14-11-15(23)12-16(24)20(14)29-2/h6-12H,3-5H2,1-2H3,(H2,25,26,27,28,30). The Kier molecular flexibility index (Phi) is 8.59. The molecule has 9 heteroatoms. The Bertz CT molecular complexity index is 1150. The SMILES string of the molecule is CCCCc1ccc2nc(NC(=S)NC(=O)C=Cc3cc(Br)cc(Br)c3OC)sc2c1. The zero-order chi connectivity index (χ0) is 22.4. The van der Waals surface area contributed by atoms with Gasteiger partial charge >= 0.3 is 0 Å². The first-order chi connectivity index (χ1) is 14.9. The summed E-state index contributed by atoms with van der Waals surface area (Å²) in [5.41, 5.74) is 2.97. The Hall–Kier alpha value is -1.81. The number of halogens is 2. The number of hydrogen-bond donors (Lipinski definition) is 2. The van der Waals surface area contributed by atoms with E-state index in [1.807, 2.05) is 18.2 Å². The number of aryl methyl sites for hydroxylation is 1. The molecule has 0 saturated heterocycles. The molecule has 0 unspecified atom stereocenters. The quantitative estimate of drug-likeness (QED) is 0.240. The van der Waals surface area contributed by atoms with E-state index in [1.165, 1.54) is 35.8 Å². The van der Waals surface area contributed by atoms with E-state index in [9.17, 15) is 4.79 Å². The molecular formula is C22H21Br2N3O2S2. The van der Waals surface area contributed by atoms with Crippen molar-refractivity contribution in [1.82, 2.24) is 10.3 Å². The molecule has 3 rings (SSSR count). The van der Waals surface area contributed by atoms with Gasteiger partial charge < -0.3 is 10.1 Å². The van der Waals surface area contributed by atoms with Crippen LogP contribution in [-0.4, -0.2) is 23.1 Å². The molecule has 1 amide bonds. The van der Waals surface area contributed by atoms with Gasteiger partial charge in [0.15, 0.2) is 10.2 Å². The fraction of sp³-hybridized carbons (Fsp3) is 0.227. The van der Waals surface area contributed by atoms with Crippen molar-refractivity contribution in [2.75, 3.05) is 12.4 Å². The van der Waals surface area contributed by atoms with Crippen LogP contribution in [0, 0.1) is 0 Å². The van der Waals surface area contributed by atoms with Gasteiger partial charge in [-0.15, -0.1) is 0 Å². The molecule has 0 aliphatic rings. The number of thiazole rings is 1. The third-order valence-corrected chi connectivity index (χ3v) is 6.57. The molecule has 31 heavy (non-hydrogen) atoms. The summed E-state index contributed by atoms with van der Waals surface area (Å²) in [5.74, 6) is 0.291. The zero-order valence-electron chi connectivity index (χ0n) is 17.0. The van der Waals surface area contributed by atoms with Gasteiger partial charge in [-0.25, -0.2) is 4.98 Å². The summed E-state index contributed by atoms with van der Waals surface area (Å²) in [6, 6.07) is 10.0. The summed E-state index contributed by atoms with van der Waals surface area (Å²) < 4.78 is 8.14. The van der Waals surface area contributed by atoms with Crippen LogP contribution in [-0.2, 0) is 11.2 Å². The predicted octanol–water partition coefficient (Wildman–Crippen LogP) is 6.70. The number of benzene rings is 2. The van der Waals surface area contributed by atoms with Crippen molar-refractivity contribution in [1.29, 1.82) is 0 Å². The molecule has 0 spiro atoms. The number of nitrogens with one attached hydrogen (secondary N) is 2. The number of methoxy groups -OCH3 is 1. The van der Waals surface area contributed by atoms with Crippen molar-refractivity contribution in [3.05, 3.63) is 56.5 Å². The van der Waals surface area contributed by atoms with E-state index in [-0.39, 0.29) is 11.0 Å². The number of carbonyl (C=O) groups is 1. The summed E-state index contributed by atoms with van der Waals surface area (Å²) in [5, 5.41) is 6.49. The van der Waals surface area contributed by atoms with Crippen molar-refractivity contribution in [2.45, 2.75) is 26.2 Å². The number of carbonyl (C=O) groups excluding carboxylic acids is 1. The molecule has 1 aromatic heterocycles. The molecule has 0 atom stereocenters. The van der Waals surface area contributed by atoms with E-state index < -0.39 is 0 Å². The lowest BCUT2D eigenvalue weighted by Gasteiger charge is -2.08. The highest BCUT2D eigenvalue weighted by molar-refractivity contribution is 9.11. The van der Waals surface area contributed by atoms with Gasteiger partial charge in [0.25, 0.3) is 0 Å². The molecule has 0 fully saturated rings. The fourth-order valence-electron chi connectivity index (χ4n) is 2.93. The minimum atomic E-state index is -0.349. The van der Waals surface area contributed by atoms with E-state index >= 15 is 0 Å². The highest BCUT2D eigenvalue weighted by Gasteiger charge is 2.10. The van der Waals surface area contributed by atoms with Crippen molar-refractivity contribution in [3.8, 4) is 5.75 Å². The number of hydrogen-bond acceptors (Lipinski definition) is 5. The second-order valence-corrected chi connectivity index (χ2v) is 9.92. The topological polar surface area (TPSA) is 63.2 Å². The van der Waals surface area contributed by atoms with Gasteiger partial charge in [0.05, 0.1) is 21.8 Å². The molecule has 0 bridgehead atoms. The average molecular weight is 583 g/mol. The molecule has 0 saturated carbocycles. The van der Waals surface area contributed by atoms with E-state index in [4.69, 9.17) is 17.0 Å². The number of fused-ring (bicyclic) bond motifs is 1. The van der Waals surface area contributed by atoms with E-state index in [0.717, 1.165) is 31.1 Å².